The highest BCUT2D eigenvalue weighted by molar-refractivity contribution is 7.12. The number of nitrogens with one attached hydrogen (secondary N) is 1. The first-order valence-corrected chi connectivity index (χ1v) is 9.40. The van der Waals surface area contributed by atoms with Gasteiger partial charge in [-0.2, -0.15) is 0 Å². The second-order valence-corrected chi connectivity index (χ2v) is 8.72. The molecular formula is C18H32N2S. The summed E-state index contributed by atoms with van der Waals surface area (Å²) in [4.78, 5) is 6.19. The minimum Gasteiger partial charge on any atom is -0.309 e. The van der Waals surface area contributed by atoms with E-state index >= 15 is 0 Å². The summed E-state index contributed by atoms with van der Waals surface area (Å²) in [5.41, 5.74) is 1.37. The summed E-state index contributed by atoms with van der Waals surface area (Å²) in [6, 6.07) is 0.433. The number of nitrogens with zero attached hydrogens (tertiary/aromatic N) is 1. The topological polar surface area (TPSA) is 24.9 Å². The molecule has 0 spiro atoms. The number of thiazole rings is 1. The molecule has 1 aromatic rings. The zero-order chi connectivity index (χ0) is 15.5. The maximum Gasteiger partial charge on any atom is 0.0985 e. The Morgan fingerprint density at radius 3 is 2.52 bits per heavy atom. The fourth-order valence-electron chi connectivity index (χ4n) is 3.23. The first-order chi connectivity index (χ1) is 9.88. The van der Waals surface area contributed by atoms with Crippen LogP contribution in [0.15, 0.2) is 0 Å². The molecule has 1 atom stereocenters. The molecule has 0 saturated heterocycles. The summed E-state index contributed by atoms with van der Waals surface area (Å²) in [6.45, 7) is 12.3. The van der Waals surface area contributed by atoms with Crippen LogP contribution < -0.4 is 5.32 Å². The van der Waals surface area contributed by atoms with E-state index in [0.717, 1.165) is 12.5 Å². The van der Waals surface area contributed by atoms with Gasteiger partial charge in [0.15, 0.2) is 0 Å². The van der Waals surface area contributed by atoms with E-state index in [1.54, 1.807) is 0 Å². The highest BCUT2D eigenvalue weighted by Crippen LogP contribution is 2.32. The minimum absolute atomic E-state index is 0.163. The average Bonchev–Trinajstić information content (AvgIpc) is 3.02. The van der Waals surface area contributed by atoms with Crippen molar-refractivity contribution in [2.24, 2.45) is 5.92 Å². The molecule has 0 aromatic carbocycles. The van der Waals surface area contributed by atoms with E-state index in [-0.39, 0.29) is 5.41 Å². The number of hydrogen-bond donors (Lipinski definition) is 1. The van der Waals surface area contributed by atoms with Crippen LogP contribution in [-0.2, 0) is 5.41 Å². The Balaban J connectivity index is 1.79. The molecular weight excluding hydrogens is 276 g/mol. The van der Waals surface area contributed by atoms with E-state index < -0.39 is 0 Å². The zero-order valence-electron chi connectivity index (χ0n) is 14.5. The molecule has 2 rings (SSSR count). The molecule has 1 fully saturated rings. The molecule has 3 heteroatoms. The Morgan fingerprint density at radius 1 is 1.29 bits per heavy atom. The molecule has 0 aliphatic heterocycles. The van der Waals surface area contributed by atoms with Gasteiger partial charge < -0.3 is 5.32 Å². The lowest BCUT2D eigenvalue weighted by Crippen LogP contribution is -2.20. The highest BCUT2D eigenvalue weighted by Gasteiger charge is 2.22. The third kappa shape index (κ3) is 4.79. The van der Waals surface area contributed by atoms with Gasteiger partial charge in [0.2, 0.25) is 0 Å². The van der Waals surface area contributed by atoms with Crippen LogP contribution in [0.2, 0.25) is 0 Å². The molecule has 21 heavy (non-hydrogen) atoms. The number of hydrogen-bond acceptors (Lipinski definition) is 3. The van der Waals surface area contributed by atoms with Gasteiger partial charge in [0, 0.05) is 16.3 Å². The maximum atomic E-state index is 4.77. The van der Waals surface area contributed by atoms with Crippen molar-refractivity contribution in [3.8, 4) is 0 Å². The predicted octanol–water partition coefficient (Wildman–Crippen LogP) is 5.37. The smallest absolute Gasteiger partial charge is 0.0985 e. The summed E-state index contributed by atoms with van der Waals surface area (Å²) in [6.07, 6.45) is 8.60. The van der Waals surface area contributed by atoms with Crippen LogP contribution in [-0.4, -0.2) is 11.5 Å². The van der Waals surface area contributed by atoms with Gasteiger partial charge in [-0.1, -0.05) is 46.5 Å². The summed E-state index contributed by atoms with van der Waals surface area (Å²) in [5, 5.41) is 4.96. The molecule has 1 unspecified atom stereocenters. The molecule has 1 aromatic heterocycles. The van der Waals surface area contributed by atoms with Crippen LogP contribution in [0.5, 0.6) is 0 Å². The van der Waals surface area contributed by atoms with E-state index in [1.165, 1.54) is 54.1 Å². The largest absolute Gasteiger partial charge is 0.309 e. The normalized spacial score (nSPS) is 18.3. The third-order valence-electron chi connectivity index (χ3n) is 4.58. The van der Waals surface area contributed by atoms with Crippen molar-refractivity contribution in [1.29, 1.82) is 0 Å². The summed E-state index contributed by atoms with van der Waals surface area (Å²) < 4.78 is 0. The Labute approximate surface area is 134 Å². The Bertz CT molecular complexity index is 439. The number of rotatable bonds is 6. The van der Waals surface area contributed by atoms with E-state index in [2.05, 4.69) is 39.9 Å². The molecule has 1 heterocycles. The van der Waals surface area contributed by atoms with Crippen molar-refractivity contribution in [1.82, 2.24) is 10.3 Å². The molecule has 1 N–H and O–H groups in total. The minimum atomic E-state index is 0.163. The first-order valence-electron chi connectivity index (χ1n) is 8.59. The zero-order valence-corrected chi connectivity index (χ0v) is 15.3. The van der Waals surface area contributed by atoms with Crippen LogP contribution in [0.3, 0.4) is 0 Å². The van der Waals surface area contributed by atoms with Gasteiger partial charge in [-0.25, -0.2) is 4.98 Å². The van der Waals surface area contributed by atoms with Gasteiger partial charge >= 0.3 is 0 Å². The Morgan fingerprint density at radius 2 is 1.95 bits per heavy atom. The predicted molar refractivity (Wildman–Crippen MR) is 93.2 cm³/mol. The SMILES string of the molecule is Cc1nc(C(C)(C)C)sc1C(C)NCCCC1CCCC1. The van der Waals surface area contributed by atoms with Gasteiger partial charge in [-0.05, 0) is 39.2 Å². The van der Waals surface area contributed by atoms with E-state index in [9.17, 15) is 0 Å². The lowest BCUT2D eigenvalue weighted by molar-refractivity contribution is 0.457. The quantitative estimate of drug-likeness (QED) is 0.715. The molecule has 1 aliphatic carbocycles. The second-order valence-electron chi connectivity index (χ2n) is 7.69. The molecule has 1 aliphatic rings. The van der Waals surface area contributed by atoms with Crippen LogP contribution in [0, 0.1) is 12.8 Å². The fraction of sp³-hybridized carbons (Fsp3) is 0.833. The number of aryl methyl sites for hydroxylation is 1. The Hall–Kier alpha value is -0.410. The molecule has 2 nitrogen and oxygen atoms in total. The molecule has 0 bridgehead atoms. The summed E-state index contributed by atoms with van der Waals surface area (Å²) in [5.74, 6) is 1.01. The van der Waals surface area contributed by atoms with Crippen molar-refractivity contribution < 1.29 is 0 Å². The second kappa shape index (κ2) is 7.23. The first kappa shape index (κ1) is 17.0. The molecule has 1 saturated carbocycles. The molecule has 0 amide bonds. The van der Waals surface area contributed by atoms with Crippen LogP contribution in [0.1, 0.15) is 87.8 Å². The van der Waals surface area contributed by atoms with Gasteiger partial charge in [0.1, 0.15) is 0 Å². The van der Waals surface area contributed by atoms with Crippen molar-refractivity contribution in [2.45, 2.75) is 84.6 Å². The summed E-state index contributed by atoms with van der Waals surface area (Å²) >= 11 is 1.88. The third-order valence-corrected chi connectivity index (χ3v) is 6.35. The van der Waals surface area contributed by atoms with E-state index in [4.69, 9.17) is 4.98 Å². The molecule has 0 radical (unpaired) electrons. The van der Waals surface area contributed by atoms with Gasteiger partial charge in [0.05, 0.1) is 10.7 Å². The van der Waals surface area contributed by atoms with Crippen LogP contribution in [0.4, 0.5) is 0 Å². The van der Waals surface area contributed by atoms with Gasteiger partial charge in [-0.3, -0.25) is 0 Å². The highest BCUT2D eigenvalue weighted by atomic mass is 32.1. The summed E-state index contributed by atoms with van der Waals surface area (Å²) in [7, 11) is 0. The monoisotopic (exact) mass is 308 g/mol. The van der Waals surface area contributed by atoms with Crippen molar-refractivity contribution in [2.75, 3.05) is 6.54 Å². The Kier molecular flexibility index (Phi) is 5.84. The van der Waals surface area contributed by atoms with Crippen molar-refractivity contribution >= 4 is 11.3 Å². The van der Waals surface area contributed by atoms with E-state index in [1.807, 2.05) is 11.3 Å². The number of aromatic nitrogens is 1. The fourth-order valence-corrected chi connectivity index (χ4v) is 4.38. The van der Waals surface area contributed by atoms with Crippen LogP contribution >= 0.6 is 11.3 Å². The maximum absolute atomic E-state index is 4.77. The van der Waals surface area contributed by atoms with E-state index in [0.29, 0.717) is 6.04 Å². The molecule has 120 valence electrons. The lowest BCUT2D eigenvalue weighted by atomic mass is 9.98. The lowest BCUT2D eigenvalue weighted by Gasteiger charge is -2.15. The van der Waals surface area contributed by atoms with Crippen molar-refractivity contribution in [3.05, 3.63) is 15.6 Å². The standard InChI is InChI=1S/C18H32N2S/c1-13(19-12-8-11-15-9-6-7-10-15)16-14(2)20-17(21-16)18(3,4)5/h13,15,19H,6-12H2,1-5H3. The average molecular weight is 309 g/mol. The van der Waals surface area contributed by atoms with Crippen LogP contribution in [0.25, 0.3) is 0 Å². The van der Waals surface area contributed by atoms with Crippen molar-refractivity contribution in [3.63, 3.8) is 0 Å². The van der Waals surface area contributed by atoms with Gasteiger partial charge in [-0.15, -0.1) is 11.3 Å². The van der Waals surface area contributed by atoms with Gasteiger partial charge in [0.25, 0.3) is 0 Å².